The zero-order chi connectivity index (χ0) is 15.2. The van der Waals surface area contributed by atoms with Gasteiger partial charge in [-0.3, -0.25) is 10.1 Å². The molecule has 0 aliphatic carbocycles. The number of hydrogen-bond acceptors (Lipinski definition) is 6. The third kappa shape index (κ3) is 3.67. The molecule has 0 amide bonds. The van der Waals surface area contributed by atoms with Crippen LogP contribution in [0.1, 0.15) is 5.56 Å². The van der Waals surface area contributed by atoms with Crippen LogP contribution in [0.15, 0.2) is 36.4 Å². The van der Waals surface area contributed by atoms with Crippen LogP contribution in [0, 0.1) is 10.1 Å². The molecule has 21 heavy (non-hydrogen) atoms. The predicted octanol–water partition coefficient (Wildman–Crippen LogP) is 2.36. The van der Waals surface area contributed by atoms with Crippen LogP contribution in [-0.4, -0.2) is 28.7 Å². The van der Waals surface area contributed by atoms with Crippen molar-refractivity contribution >= 4 is 11.5 Å². The largest absolute Gasteiger partial charge is 0.434 e. The van der Waals surface area contributed by atoms with Crippen molar-refractivity contribution in [2.24, 2.45) is 0 Å². The van der Waals surface area contributed by atoms with Crippen LogP contribution in [0.2, 0.25) is 0 Å². The summed E-state index contributed by atoms with van der Waals surface area (Å²) in [6.07, 6.45) is 0.550. The summed E-state index contributed by atoms with van der Waals surface area (Å²) in [4.78, 5) is 14.5. The number of pyridine rings is 1. The Balaban J connectivity index is 2.26. The number of nitro groups is 1. The van der Waals surface area contributed by atoms with E-state index in [9.17, 15) is 10.1 Å². The van der Waals surface area contributed by atoms with E-state index in [1.54, 1.807) is 31.3 Å². The molecule has 0 saturated carbocycles. The van der Waals surface area contributed by atoms with Crippen molar-refractivity contribution in [3.05, 3.63) is 52.1 Å². The second-order valence-corrected chi connectivity index (χ2v) is 4.25. The van der Waals surface area contributed by atoms with Gasteiger partial charge in [-0.1, -0.05) is 12.1 Å². The minimum Gasteiger partial charge on any atom is -0.434 e. The maximum absolute atomic E-state index is 11.0. The Morgan fingerprint density at radius 2 is 2.00 bits per heavy atom. The van der Waals surface area contributed by atoms with Gasteiger partial charge in [-0.15, -0.1) is 0 Å². The van der Waals surface area contributed by atoms with Gasteiger partial charge < -0.3 is 15.2 Å². The second-order valence-electron chi connectivity index (χ2n) is 4.25. The second kappa shape index (κ2) is 6.67. The topological polar surface area (TPSA) is 97.5 Å². The molecular weight excluding hydrogens is 274 g/mol. The molecule has 1 aromatic carbocycles. The van der Waals surface area contributed by atoms with Gasteiger partial charge >= 0.3 is 11.6 Å². The molecule has 0 aliphatic rings. The average molecular weight is 289 g/mol. The fourth-order valence-electron chi connectivity index (χ4n) is 1.75. The van der Waals surface area contributed by atoms with Crippen LogP contribution < -0.4 is 10.1 Å². The molecule has 0 aliphatic heterocycles. The summed E-state index contributed by atoms with van der Waals surface area (Å²) < 4.78 is 5.49. The number of nitrogens with zero attached hydrogens (tertiary/aromatic N) is 2. The summed E-state index contributed by atoms with van der Waals surface area (Å²) in [5, 5.41) is 22.6. The molecule has 2 rings (SSSR count). The zero-order valence-electron chi connectivity index (χ0n) is 11.4. The Kier molecular flexibility index (Phi) is 4.68. The highest BCUT2D eigenvalue weighted by Crippen LogP contribution is 2.30. The molecule has 0 fully saturated rings. The fourth-order valence-corrected chi connectivity index (χ4v) is 1.75. The van der Waals surface area contributed by atoms with Crippen LogP contribution in [0.3, 0.4) is 0 Å². The third-order valence-electron chi connectivity index (χ3n) is 2.83. The summed E-state index contributed by atoms with van der Waals surface area (Å²) in [6.45, 7) is 0.0669. The molecule has 2 N–H and O–H groups in total. The van der Waals surface area contributed by atoms with E-state index in [0.29, 0.717) is 18.0 Å². The van der Waals surface area contributed by atoms with Gasteiger partial charge in [-0.05, 0) is 30.2 Å². The number of benzene rings is 1. The number of rotatable bonds is 6. The Morgan fingerprint density at radius 3 is 2.57 bits per heavy atom. The van der Waals surface area contributed by atoms with E-state index in [1.165, 1.54) is 12.1 Å². The van der Waals surface area contributed by atoms with E-state index in [1.807, 2.05) is 0 Å². The van der Waals surface area contributed by atoms with Crippen molar-refractivity contribution in [1.29, 1.82) is 0 Å². The van der Waals surface area contributed by atoms with E-state index in [2.05, 4.69) is 10.3 Å². The monoisotopic (exact) mass is 289 g/mol. The molecule has 0 bridgehead atoms. The first-order valence-electron chi connectivity index (χ1n) is 6.35. The first-order valence-corrected chi connectivity index (χ1v) is 6.35. The highest BCUT2D eigenvalue weighted by molar-refractivity contribution is 5.50. The molecule has 7 heteroatoms. The van der Waals surface area contributed by atoms with Gasteiger partial charge in [0.1, 0.15) is 11.6 Å². The zero-order valence-corrected chi connectivity index (χ0v) is 11.4. The molecule has 7 nitrogen and oxygen atoms in total. The van der Waals surface area contributed by atoms with Crippen molar-refractivity contribution in [1.82, 2.24) is 4.98 Å². The number of aromatic nitrogens is 1. The number of nitrogens with one attached hydrogen (secondary N) is 1. The molecule has 0 atom stereocenters. The van der Waals surface area contributed by atoms with Gasteiger partial charge in [0.15, 0.2) is 0 Å². The molecule has 1 aromatic heterocycles. The van der Waals surface area contributed by atoms with Crippen LogP contribution in [-0.2, 0) is 6.42 Å². The number of hydrogen-bond donors (Lipinski definition) is 2. The number of aliphatic hydroxyl groups excluding tert-OH is 1. The molecule has 2 aromatic rings. The van der Waals surface area contributed by atoms with Gasteiger partial charge in [0.2, 0.25) is 0 Å². The average Bonchev–Trinajstić information content (AvgIpc) is 2.49. The van der Waals surface area contributed by atoms with Crippen molar-refractivity contribution in [2.75, 3.05) is 19.0 Å². The maximum atomic E-state index is 11.0. The number of aliphatic hydroxyl groups is 1. The van der Waals surface area contributed by atoms with Crippen LogP contribution >= 0.6 is 0 Å². The summed E-state index contributed by atoms with van der Waals surface area (Å²) in [5.74, 6) is 0.856. The normalized spacial score (nSPS) is 10.2. The van der Waals surface area contributed by atoms with E-state index in [4.69, 9.17) is 9.84 Å². The Hall–Kier alpha value is -2.67. The molecular formula is C14H15N3O4. The Morgan fingerprint density at radius 1 is 1.29 bits per heavy atom. The fraction of sp³-hybridized carbons (Fsp3) is 0.214. The highest BCUT2D eigenvalue weighted by atomic mass is 16.6. The van der Waals surface area contributed by atoms with Gasteiger partial charge in [0.25, 0.3) is 0 Å². The van der Waals surface area contributed by atoms with E-state index < -0.39 is 4.92 Å². The van der Waals surface area contributed by atoms with Gasteiger partial charge in [0, 0.05) is 19.7 Å². The van der Waals surface area contributed by atoms with Crippen LogP contribution in [0.4, 0.5) is 11.5 Å². The molecule has 0 saturated heterocycles. The molecule has 0 unspecified atom stereocenters. The smallest absolute Gasteiger partial charge is 0.331 e. The van der Waals surface area contributed by atoms with Gasteiger partial charge in [-0.2, -0.15) is 4.98 Å². The highest BCUT2D eigenvalue weighted by Gasteiger charge is 2.18. The summed E-state index contributed by atoms with van der Waals surface area (Å²) in [5.41, 5.74) is 0.754. The first-order chi connectivity index (χ1) is 10.1. The summed E-state index contributed by atoms with van der Waals surface area (Å²) in [6, 6.07) is 9.80. The lowest BCUT2D eigenvalue weighted by Crippen LogP contribution is -1.99. The van der Waals surface area contributed by atoms with Crippen molar-refractivity contribution in [3.63, 3.8) is 0 Å². The van der Waals surface area contributed by atoms with Crippen LogP contribution in [0.5, 0.6) is 11.6 Å². The maximum Gasteiger partial charge on any atom is 0.331 e. The van der Waals surface area contributed by atoms with Gasteiger partial charge in [-0.25, -0.2) is 0 Å². The van der Waals surface area contributed by atoms with Crippen molar-refractivity contribution < 1.29 is 14.8 Å². The first kappa shape index (κ1) is 14.7. The Labute approximate surface area is 121 Å². The van der Waals surface area contributed by atoms with E-state index in [-0.39, 0.29) is 18.2 Å². The molecule has 0 radical (unpaired) electrons. The van der Waals surface area contributed by atoms with Crippen LogP contribution in [0.25, 0.3) is 0 Å². The lowest BCUT2D eigenvalue weighted by molar-refractivity contribution is -0.386. The SMILES string of the molecule is CNc1ccc([N+](=O)[O-])c(Oc2ccc(CCO)cc2)n1. The lowest BCUT2D eigenvalue weighted by Gasteiger charge is -2.07. The summed E-state index contributed by atoms with van der Waals surface area (Å²) in [7, 11) is 1.67. The quantitative estimate of drug-likeness (QED) is 0.626. The van der Waals surface area contributed by atoms with Gasteiger partial charge in [0.05, 0.1) is 4.92 Å². The number of ether oxygens (including phenoxy) is 1. The minimum absolute atomic E-state index is 0.0669. The molecule has 110 valence electrons. The summed E-state index contributed by atoms with van der Waals surface area (Å²) >= 11 is 0. The predicted molar refractivity (Wildman–Crippen MR) is 77.7 cm³/mol. The molecule has 0 spiro atoms. The molecule has 1 heterocycles. The number of anilines is 1. The Bertz CT molecular complexity index is 629. The van der Waals surface area contributed by atoms with Crippen molar-refractivity contribution in [2.45, 2.75) is 6.42 Å². The lowest BCUT2D eigenvalue weighted by atomic mass is 10.1. The standard InChI is InChI=1S/C14H15N3O4/c1-15-13-7-6-12(17(19)20)14(16-13)21-11-4-2-10(3-5-11)8-9-18/h2-7,18H,8-9H2,1H3,(H,15,16). The van der Waals surface area contributed by atoms with E-state index >= 15 is 0 Å². The third-order valence-corrected chi connectivity index (χ3v) is 2.83. The van der Waals surface area contributed by atoms with Crippen molar-refractivity contribution in [3.8, 4) is 11.6 Å². The van der Waals surface area contributed by atoms with E-state index in [0.717, 1.165) is 5.56 Å². The minimum atomic E-state index is -0.540.